The molecule has 17 heavy (non-hydrogen) atoms. The van der Waals surface area contributed by atoms with Crippen LogP contribution in [0.1, 0.15) is 0 Å². The van der Waals surface area contributed by atoms with Crippen molar-refractivity contribution in [3.8, 4) is 0 Å². The van der Waals surface area contributed by atoms with Gasteiger partial charge in [-0.05, 0) is 12.1 Å². The quantitative estimate of drug-likeness (QED) is 0.460. The summed E-state index contributed by atoms with van der Waals surface area (Å²) in [5.41, 5.74) is 1.95. The summed E-state index contributed by atoms with van der Waals surface area (Å²) in [5.74, 6) is 0. The zero-order valence-corrected chi connectivity index (χ0v) is 13.5. The predicted octanol–water partition coefficient (Wildman–Crippen LogP) is 4.16. The minimum Gasteiger partial charge on any atom is -0.254 e. The average Bonchev–Trinajstić information content (AvgIpc) is 2.40. The molecule has 0 N–H and O–H groups in total. The Labute approximate surface area is 115 Å². The van der Waals surface area contributed by atoms with Gasteiger partial charge in [0.25, 0.3) is 0 Å². The van der Waals surface area contributed by atoms with Gasteiger partial charge in [0.05, 0.1) is 11.0 Å². The molecule has 1 aromatic carbocycles. The molecule has 0 amide bonds. The van der Waals surface area contributed by atoms with E-state index in [0.29, 0.717) is 0 Å². The van der Waals surface area contributed by atoms with Crippen molar-refractivity contribution in [2.45, 2.75) is 0 Å². The molecule has 0 spiro atoms. The van der Waals surface area contributed by atoms with E-state index < -0.39 is 15.1 Å². The van der Waals surface area contributed by atoms with Crippen LogP contribution in [-0.4, -0.2) is 9.97 Å². The van der Waals surface area contributed by atoms with E-state index in [1.54, 1.807) is 12.4 Å². The number of aromatic nitrogens is 2. The van der Waals surface area contributed by atoms with Crippen molar-refractivity contribution in [1.82, 2.24) is 9.97 Å². The number of nitrogens with zero attached hydrogens (tertiary/aromatic N) is 2. The standard InChI is InChI=1S/C12H8N2.2ClH.Zn/c1-3-9-5-6-10-4-2-8-14-12(10)11(9)13-7-1;;;/h1-8H;2*1H;/q;;;+2/p-2. The van der Waals surface area contributed by atoms with Gasteiger partial charge in [-0.1, -0.05) is 24.3 Å². The summed E-state index contributed by atoms with van der Waals surface area (Å²) in [4.78, 5) is 8.69. The fourth-order valence-electron chi connectivity index (χ4n) is 1.68. The Bertz CT molecular complexity index is 576. The molecule has 2 aromatic heterocycles. The van der Waals surface area contributed by atoms with Crippen LogP contribution in [0.4, 0.5) is 0 Å². The molecule has 2 heterocycles. The summed E-state index contributed by atoms with van der Waals surface area (Å²) < 4.78 is 0. The molecule has 0 fully saturated rings. The molecular weight excluding hydrogens is 308 g/mol. The first-order chi connectivity index (χ1) is 8.36. The van der Waals surface area contributed by atoms with Crippen molar-refractivity contribution in [2.24, 2.45) is 0 Å². The first kappa shape index (κ1) is 12.7. The third-order valence-electron chi connectivity index (χ3n) is 2.34. The number of hydrogen-bond acceptors (Lipinski definition) is 2. The summed E-state index contributed by atoms with van der Waals surface area (Å²) >= 11 is -0.931. The Balaban J connectivity index is 0.000000329. The molecule has 0 unspecified atom stereocenters. The number of hydrogen-bond donors (Lipinski definition) is 0. The van der Waals surface area contributed by atoms with Crippen molar-refractivity contribution in [1.29, 1.82) is 0 Å². The van der Waals surface area contributed by atoms with Gasteiger partial charge in [0.15, 0.2) is 0 Å². The number of halogens is 2. The van der Waals surface area contributed by atoms with Gasteiger partial charge in [-0.25, -0.2) is 0 Å². The second kappa shape index (κ2) is 6.25. The second-order valence-electron chi connectivity index (χ2n) is 3.32. The van der Waals surface area contributed by atoms with Crippen LogP contribution in [-0.2, 0) is 15.1 Å². The van der Waals surface area contributed by atoms with Gasteiger partial charge < -0.3 is 0 Å². The number of pyridine rings is 2. The van der Waals surface area contributed by atoms with Crippen LogP contribution in [0.3, 0.4) is 0 Å². The van der Waals surface area contributed by atoms with Crippen molar-refractivity contribution in [2.75, 3.05) is 0 Å². The van der Waals surface area contributed by atoms with E-state index in [9.17, 15) is 0 Å². The Hall–Kier alpha value is -0.757. The Morgan fingerprint density at radius 2 is 1.18 bits per heavy atom. The van der Waals surface area contributed by atoms with E-state index in [1.165, 1.54) is 0 Å². The van der Waals surface area contributed by atoms with Gasteiger partial charge in [0.2, 0.25) is 0 Å². The Morgan fingerprint density at radius 3 is 1.59 bits per heavy atom. The smallest absolute Gasteiger partial charge is 0.0964 e. The predicted molar refractivity (Wildman–Crippen MR) is 68.8 cm³/mol. The van der Waals surface area contributed by atoms with Gasteiger partial charge in [-0.3, -0.25) is 9.97 Å². The normalized spacial score (nSPS) is 9.53. The maximum atomic E-state index is 4.95. The summed E-state index contributed by atoms with van der Waals surface area (Å²) in [6.07, 6.45) is 3.60. The van der Waals surface area contributed by atoms with Gasteiger partial charge >= 0.3 is 34.5 Å². The van der Waals surface area contributed by atoms with Gasteiger partial charge in [-0.15, -0.1) is 0 Å². The number of benzene rings is 1. The largest absolute Gasteiger partial charge is 0.254 e. The minimum atomic E-state index is -0.931. The molecule has 0 saturated heterocycles. The first-order valence-corrected chi connectivity index (χ1v) is 12.9. The minimum absolute atomic E-state index is 0.931. The summed E-state index contributed by atoms with van der Waals surface area (Å²) in [6.45, 7) is 0. The molecule has 3 aromatic rings. The van der Waals surface area contributed by atoms with Crippen LogP contribution in [0.5, 0.6) is 0 Å². The monoisotopic (exact) mass is 314 g/mol. The SMILES string of the molecule is [Cl][Zn][Cl].c1cnc2c(c1)ccc1cccnc12. The molecule has 2 nitrogen and oxygen atoms in total. The molecule has 0 atom stereocenters. The molecular formula is C12H8Cl2N2Zn. The Kier molecular flexibility index (Phi) is 4.67. The molecule has 0 radical (unpaired) electrons. The van der Waals surface area contributed by atoms with Crippen molar-refractivity contribution >= 4 is 41.2 Å². The van der Waals surface area contributed by atoms with E-state index in [2.05, 4.69) is 34.2 Å². The molecule has 82 valence electrons. The fourth-order valence-corrected chi connectivity index (χ4v) is 1.68. The van der Waals surface area contributed by atoms with Crippen LogP contribution in [0, 0.1) is 0 Å². The number of fused-ring (bicyclic) bond motifs is 3. The van der Waals surface area contributed by atoms with Crippen LogP contribution in [0.2, 0.25) is 0 Å². The van der Waals surface area contributed by atoms with Crippen molar-refractivity contribution in [3.63, 3.8) is 0 Å². The third kappa shape index (κ3) is 2.92. The summed E-state index contributed by atoms with van der Waals surface area (Å²) in [5, 5.41) is 2.28. The molecule has 3 rings (SSSR count). The summed E-state index contributed by atoms with van der Waals surface area (Å²) in [7, 11) is 9.90. The van der Waals surface area contributed by atoms with E-state index in [4.69, 9.17) is 19.4 Å². The van der Waals surface area contributed by atoms with Crippen molar-refractivity contribution in [3.05, 3.63) is 48.8 Å². The third-order valence-corrected chi connectivity index (χ3v) is 2.34. The number of rotatable bonds is 0. The van der Waals surface area contributed by atoms with Crippen LogP contribution in [0.25, 0.3) is 21.8 Å². The van der Waals surface area contributed by atoms with Gasteiger partial charge in [-0.2, -0.15) is 0 Å². The van der Waals surface area contributed by atoms with Crippen LogP contribution >= 0.6 is 19.4 Å². The van der Waals surface area contributed by atoms with Gasteiger partial charge in [0, 0.05) is 23.2 Å². The van der Waals surface area contributed by atoms with E-state index >= 15 is 0 Å². The molecule has 0 aliphatic rings. The van der Waals surface area contributed by atoms with E-state index in [-0.39, 0.29) is 0 Å². The van der Waals surface area contributed by atoms with Crippen molar-refractivity contribution < 1.29 is 15.1 Å². The molecule has 0 bridgehead atoms. The maximum absolute atomic E-state index is 4.95. The average molecular weight is 317 g/mol. The van der Waals surface area contributed by atoms with Crippen LogP contribution in [0.15, 0.2) is 48.8 Å². The van der Waals surface area contributed by atoms with E-state index in [1.807, 2.05) is 12.1 Å². The molecule has 0 aliphatic heterocycles. The fraction of sp³-hybridized carbons (Fsp3) is 0. The van der Waals surface area contributed by atoms with E-state index in [0.717, 1.165) is 21.8 Å². The topological polar surface area (TPSA) is 25.8 Å². The zero-order chi connectivity index (χ0) is 12.1. The molecule has 0 aliphatic carbocycles. The second-order valence-corrected chi connectivity index (χ2v) is 7.94. The molecule has 0 saturated carbocycles. The maximum Gasteiger partial charge on any atom is 0.0964 e. The summed E-state index contributed by atoms with van der Waals surface area (Å²) in [6, 6.07) is 12.1. The zero-order valence-electron chi connectivity index (χ0n) is 8.98. The molecule has 5 heteroatoms. The van der Waals surface area contributed by atoms with Crippen LogP contribution < -0.4 is 0 Å². The first-order valence-electron chi connectivity index (χ1n) is 5.07. The van der Waals surface area contributed by atoms with Gasteiger partial charge in [0.1, 0.15) is 0 Å². The Morgan fingerprint density at radius 1 is 0.765 bits per heavy atom.